The van der Waals surface area contributed by atoms with E-state index in [0.29, 0.717) is 32.7 Å². The Hall–Kier alpha value is -2.30. The van der Waals surface area contributed by atoms with Crippen LogP contribution in [0.3, 0.4) is 0 Å². The number of carbonyl (C=O) groups is 2. The van der Waals surface area contributed by atoms with Gasteiger partial charge in [-0.15, -0.1) is 6.58 Å². The van der Waals surface area contributed by atoms with Gasteiger partial charge in [-0.1, -0.05) is 32.1 Å². The number of carbonyl (C=O) groups excluding carboxylic acids is 2. The van der Waals surface area contributed by atoms with Crippen molar-refractivity contribution in [1.82, 2.24) is 19.8 Å². The van der Waals surface area contributed by atoms with Gasteiger partial charge in [-0.2, -0.15) is 4.72 Å². The smallest absolute Gasteiger partial charge is 0.244 e. The highest BCUT2D eigenvalue weighted by atomic mass is 32.2. The fourth-order valence-corrected chi connectivity index (χ4v) is 4.55. The Morgan fingerprint density at radius 1 is 1.20 bits per heavy atom. The van der Waals surface area contributed by atoms with Gasteiger partial charge in [0.1, 0.15) is 16.8 Å². The molecule has 1 aliphatic heterocycles. The van der Waals surface area contributed by atoms with Crippen LogP contribution in [0.5, 0.6) is 0 Å². The molecule has 10 heteroatoms. The lowest BCUT2D eigenvalue weighted by molar-refractivity contribution is -0.136. The molecule has 1 heterocycles. The molecule has 0 spiro atoms. The van der Waals surface area contributed by atoms with E-state index in [4.69, 9.17) is 0 Å². The summed E-state index contributed by atoms with van der Waals surface area (Å²) in [6.45, 7) is 9.37. The van der Waals surface area contributed by atoms with Crippen molar-refractivity contribution in [2.75, 3.05) is 39.3 Å². The molecule has 0 aliphatic carbocycles. The van der Waals surface area contributed by atoms with Gasteiger partial charge in [-0.05, 0) is 18.1 Å². The Morgan fingerprint density at radius 3 is 2.40 bits per heavy atom. The summed E-state index contributed by atoms with van der Waals surface area (Å²) in [6.07, 6.45) is 1.60. The van der Waals surface area contributed by atoms with Crippen molar-refractivity contribution in [3.05, 3.63) is 42.7 Å². The van der Waals surface area contributed by atoms with Crippen molar-refractivity contribution in [2.45, 2.75) is 24.8 Å². The highest BCUT2D eigenvalue weighted by Gasteiger charge is 2.34. The summed E-state index contributed by atoms with van der Waals surface area (Å²) in [5, 5.41) is 2.71. The van der Waals surface area contributed by atoms with Gasteiger partial charge in [0, 0.05) is 32.7 Å². The Balaban J connectivity index is 2.01. The number of piperazine rings is 1. The molecule has 1 aromatic carbocycles. The molecule has 2 amide bonds. The van der Waals surface area contributed by atoms with Crippen molar-refractivity contribution in [2.24, 2.45) is 5.92 Å². The van der Waals surface area contributed by atoms with Gasteiger partial charge in [0.2, 0.25) is 21.8 Å². The molecule has 0 aromatic heterocycles. The van der Waals surface area contributed by atoms with Crippen LogP contribution in [0.4, 0.5) is 4.39 Å². The third-order valence-corrected chi connectivity index (χ3v) is 6.31. The Labute approximate surface area is 177 Å². The minimum absolute atomic E-state index is 0.118. The van der Waals surface area contributed by atoms with Crippen molar-refractivity contribution in [1.29, 1.82) is 0 Å². The van der Waals surface area contributed by atoms with Crippen LogP contribution in [0.15, 0.2) is 41.8 Å². The molecular formula is C20H29FN4O4S. The number of sulfonamides is 1. The molecule has 1 aliphatic rings. The van der Waals surface area contributed by atoms with Crippen LogP contribution in [0.1, 0.15) is 13.8 Å². The summed E-state index contributed by atoms with van der Waals surface area (Å²) in [5.41, 5.74) is 0. The molecule has 2 rings (SSSR count). The molecule has 30 heavy (non-hydrogen) atoms. The third kappa shape index (κ3) is 6.35. The third-order valence-electron chi connectivity index (χ3n) is 4.84. The Morgan fingerprint density at radius 2 is 1.83 bits per heavy atom. The molecule has 0 saturated carbocycles. The number of benzene rings is 1. The fourth-order valence-electron chi connectivity index (χ4n) is 3.13. The zero-order valence-electron chi connectivity index (χ0n) is 17.3. The molecular weight excluding hydrogens is 411 g/mol. The number of nitrogens with zero attached hydrogens (tertiary/aromatic N) is 2. The monoisotopic (exact) mass is 440 g/mol. The number of hydrogen-bond donors (Lipinski definition) is 2. The van der Waals surface area contributed by atoms with Gasteiger partial charge in [0.25, 0.3) is 0 Å². The van der Waals surface area contributed by atoms with E-state index < -0.39 is 26.8 Å². The fraction of sp³-hybridized carbons (Fsp3) is 0.500. The molecule has 1 saturated heterocycles. The summed E-state index contributed by atoms with van der Waals surface area (Å²) in [5.74, 6) is -1.68. The van der Waals surface area contributed by atoms with Crippen LogP contribution in [-0.4, -0.2) is 75.3 Å². The number of rotatable bonds is 9. The van der Waals surface area contributed by atoms with Crippen LogP contribution in [-0.2, 0) is 19.6 Å². The molecule has 166 valence electrons. The van der Waals surface area contributed by atoms with Gasteiger partial charge in [-0.25, -0.2) is 12.8 Å². The second-order valence-corrected chi connectivity index (χ2v) is 9.15. The first kappa shape index (κ1) is 24.0. The summed E-state index contributed by atoms with van der Waals surface area (Å²) in [7, 11) is -4.20. The highest BCUT2D eigenvalue weighted by Crippen LogP contribution is 2.17. The predicted octanol–water partition coefficient (Wildman–Crippen LogP) is 0.575. The number of halogens is 1. The van der Waals surface area contributed by atoms with E-state index >= 15 is 0 Å². The molecule has 0 bridgehead atoms. The molecule has 1 fully saturated rings. The maximum atomic E-state index is 14.0. The molecule has 1 atom stereocenters. The number of amides is 2. The molecule has 1 aromatic rings. The van der Waals surface area contributed by atoms with Crippen LogP contribution < -0.4 is 10.0 Å². The average Bonchev–Trinajstić information content (AvgIpc) is 2.70. The summed E-state index contributed by atoms with van der Waals surface area (Å²) in [6, 6.07) is 4.03. The maximum absolute atomic E-state index is 14.0. The van der Waals surface area contributed by atoms with Crippen molar-refractivity contribution < 1.29 is 22.4 Å². The normalized spacial score (nSPS) is 16.3. The topological polar surface area (TPSA) is 98.8 Å². The molecule has 0 radical (unpaired) electrons. The lowest BCUT2D eigenvalue weighted by atomic mass is 10.0. The second kappa shape index (κ2) is 10.6. The van der Waals surface area contributed by atoms with E-state index in [0.717, 1.165) is 12.1 Å². The standard InChI is InChI=1S/C20H29FN4O4S/c1-4-9-22-18(26)14-24-10-12-25(13-11-24)20(27)19(15(2)3)23-30(28,29)17-8-6-5-7-16(17)21/h4-8,15,19,23H,1,9-14H2,2-3H3,(H,22,26)/t19-/m0/s1. The minimum Gasteiger partial charge on any atom is -0.352 e. The maximum Gasteiger partial charge on any atom is 0.244 e. The van der Waals surface area contributed by atoms with Gasteiger partial charge in [0.15, 0.2) is 0 Å². The van der Waals surface area contributed by atoms with E-state index in [-0.39, 0.29) is 24.3 Å². The summed E-state index contributed by atoms with van der Waals surface area (Å²) >= 11 is 0. The van der Waals surface area contributed by atoms with E-state index in [9.17, 15) is 22.4 Å². The van der Waals surface area contributed by atoms with Gasteiger partial charge >= 0.3 is 0 Å². The largest absolute Gasteiger partial charge is 0.352 e. The van der Waals surface area contributed by atoms with Crippen molar-refractivity contribution >= 4 is 21.8 Å². The molecule has 8 nitrogen and oxygen atoms in total. The first-order valence-corrected chi connectivity index (χ1v) is 11.3. The summed E-state index contributed by atoms with van der Waals surface area (Å²) < 4.78 is 41.6. The average molecular weight is 441 g/mol. The van der Waals surface area contributed by atoms with Crippen LogP contribution in [0.25, 0.3) is 0 Å². The number of nitrogens with one attached hydrogen (secondary N) is 2. The second-order valence-electron chi connectivity index (χ2n) is 7.47. The first-order valence-electron chi connectivity index (χ1n) is 9.81. The molecule has 2 N–H and O–H groups in total. The lowest BCUT2D eigenvalue weighted by Gasteiger charge is -2.36. The van der Waals surface area contributed by atoms with Gasteiger partial charge in [0.05, 0.1) is 6.54 Å². The zero-order valence-corrected chi connectivity index (χ0v) is 18.1. The Kier molecular flexibility index (Phi) is 8.51. The van der Waals surface area contributed by atoms with Crippen LogP contribution in [0, 0.1) is 11.7 Å². The number of hydrogen-bond acceptors (Lipinski definition) is 5. The highest BCUT2D eigenvalue weighted by molar-refractivity contribution is 7.89. The minimum atomic E-state index is -4.20. The zero-order chi connectivity index (χ0) is 22.3. The van der Waals surface area contributed by atoms with E-state index in [1.807, 2.05) is 4.90 Å². The van der Waals surface area contributed by atoms with Crippen LogP contribution in [0.2, 0.25) is 0 Å². The van der Waals surface area contributed by atoms with Crippen LogP contribution >= 0.6 is 0 Å². The quantitative estimate of drug-likeness (QED) is 0.547. The lowest BCUT2D eigenvalue weighted by Crippen LogP contribution is -2.57. The van der Waals surface area contributed by atoms with Gasteiger partial charge in [-0.3, -0.25) is 14.5 Å². The van der Waals surface area contributed by atoms with Crippen molar-refractivity contribution in [3.63, 3.8) is 0 Å². The van der Waals surface area contributed by atoms with E-state index in [1.165, 1.54) is 12.1 Å². The SMILES string of the molecule is C=CCNC(=O)CN1CCN(C(=O)[C@@H](NS(=O)(=O)c2ccccc2F)C(C)C)CC1. The van der Waals surface area contributed by atoms with Crippen molar-refractivity contribution in [3.8, 4) is 0 Å². The van der Waals surface area contributed by atoms with E-state index in [1.54, 1.807) is 24.8 Å². The Bertz CT molecular complexity index is 867. The molecule has 0 unspecified atom stereocenters. The first-order chi connectivity index (χ1) is 14.2. The summed E-state index contributed by atoms with van der Waals surface area (Å²) in [4.78, 5) is 27.8. The van der Waals surface area contributed by atoms with Gasteiger partial charge < -0.3 is 10.2 Å². The predicted molar refractivity (Wildman–Crippen MR) is 112 cm³/mol. The van der Waals surface area contributed by atoms with E-state index in [2.05, 4.69) is 16.6 Å².